The Hall–Kier alpha value is -6.37. The minimum atomic E-state index is -4.42. The largest absolute Gasteiger partial charge is 1.00 e. The van der Waals surface area contributed by atoms with Gasteiger partial charge in [-0.3, -0.25) is 38.4 Å². The van der Waals surface area contributed by atoms with Gasteiger partial charge >= 0.3 is 13.4 Å². The fraction of sp³-hybridized carbons (Fsp3) is 0.754. The van der Waals surface area contributed by atoms with Crippen LogP contribution in [0.3, 0.4) is 0 Å². The summed E-state index contributed by atoms with van der Waals surface area (Å²) >= 11 is 0. The van der Waals surface area contributed by atoms with Gasteiger partial charge in [0.15, 0.2) is 0 Å². The first-order chi connectivity index (χ1) is 52.9. The van der Waals surface area contributed by atoms with Crippen molar-refractivity contribution in [3.05, 3.63) is 48.6 Å². The molecule has 114 heavy (non-hydrogen) atoms. The molecule has 8 rings (SSSR count). The molecule has 8 aliphatic heterocycles. The van der Waals surface area contributed by atoms with Crippen molar-refractivity contribution in [1.29, 1.82) is 0 Å². The molecule has 8 aliphatic rings. The Morgan fingerprint density at radius 1 is 0.412 bits per heavy atom. The van der Waals surface area contributed by atoms with E-state index in [4.69, 9.17) is 42.8 Å². The molecule has 8 heterocycles. The van der Waals surface area contributed by atoms with Gasteiger partial charge in [-0.2, -0.15) is 0 Å². The summed E-state index contributed by atoms with van der Waals surface area (Å²) in [5, 5.41) is 27.1. The molecule has 0 aromatic carbocycles. The second-order valence-corrected chi connectivity index (χ2v) is 38.0. The third-order valence-corrected chi connectivity index (χ3v) is 23.2. The van der Waals surface area contributed by atoms with Gasteiger partial charge in [0.2, 0.25) is 35.4 Å². The molecule has 0 saturated carbocycles. The molecular weight excluding hydrogens is 1590 g/mol. The zero-order chi connectivity index (χ0) is 85.5. The zero-order valence-corrected chi connectivity index (χ0v) is 69.9. The number of carbonyl (C=O) groups is 9. The molecular formula is C69H116N11O30PS3. The third kappa shape index (κ3) is 32.8. The van der Waals surface area contributed by atoms with Crippen LogP contribution in [0.4, 0.5) is 0 Å². The van der Waals surface area contributed by atoms with Gasteiger partial charge in [0, 0.05) is 52.4 Å². The van der Waals surface area contributed by atoms with Crippen LogP contribution in [0.2, 0.25) is 0 Å². The standard InChI is InChI=1S/C20H36N4O9S2.C18H28N2O7.C17H28N2O8S.C14H24N3O6P/c1-23(2,11-13-34(27,28)29)9-7-21-19(25)17-15-5-6-16(33-15)18(17)20(26)22-8-10-24(3,4)12-14-35(30,31)32;1-20(2,8-6-14(21)22)9-7-19-17(23)15-12-4-5-13(27-12)16(15)18(24)26-11-10-25-3;1-19(2,8-11-28(22,23)24)7-6-18-16(20)14-12-4-5-13(27-12)15(14)17(21)26-10-9-25-3;1-17(2)7-5-15-13(18)11-9-3-4-10(23-9)12(11)14(19)16-6-8-24(20,21)22/h5-6,15-18H,7-14H2,1-4H3,(H2-2,21,22,25,26,27,28,29,30,31,32);4-5,12-13,15-16H,6-11H2,1-3H3,(H-,19,21,22,23);4-5,12-15H,6-11H2,1-3H3,(H-,18,20,22,23,24);3-4,9-12H,5-8H2,1-2H3,(H,15,18)(H,16,19)(H2,20,21,22)/t15-,16+,17?,18?;12-,13+,15?,16?;12-,13+,14?,15?;9-,10+,11?,12?/m.001/s1. The molecule has 4 saturated heterocycles. The lowest BCUT2D eigenvalue weighted by Gasteiger charge is -2.31. The first-order valence-corrected chi connectivity index (χ1v) is 43.7. The molecule has 0 aromatic rings. The quantitative estimate of drug-likeness (QED) is 0.00744. The number of carboxylic acids is 1. The molecule has 9 unspecified atom stereocenters. The number of quaternary nitrogens is 4. The number of hydrogen-bond acceptors (Lipinski definition) is 30. The van der Waals surface area contributed by atoms with Gasteiger partial charge in [-0.05, 0) is 14.1 Å². The maximum absolute atomic E-state index is 12.9. The highest BCUT2D eigenvalue weighted by atomic mass is 32.2. The number of rotatable bonds is 44. The average molecular weight is 1710 g/mol. The smallest absolute Gasteiger partial charge is 0.779 e. The van der Waals surface area contributed by atoms with Crippen molar-refractivity contribution in [1.82, 2.24) is 36.8 Å². The predicted octanol–water partition coefficient (Wildman–Crippen LogP) is -8.40. The summed E-state index contributed by atoms with van der Waals surface area (Å²) in [6, 6.07) is 0. The number of carboxylic acid groups (broad SMARTS) is 1. The van der Waals surface area contributed by atoms with Gasteiger partial charge in [0.05, 0.1) is 250 Å². The molecule has 0 aromatic heterocycles. The van der Waals surface area contributed by atoms with Crippen LogP contribution in [-0.2, 0) is 116 Å². The zero-order valence-electron chi connectivity index (χ0n) is 67.5. The highest BCUT2D eigenvalue weighted by molar-refractivity contribution is 7.86. The number of methoxy groups -OCH3 is 2. The van der Waals surface area contributed by atoms with E-state index in [1.165, 1.54) is 14.2 Å². The lowest BCUT2D eigenvalue weighted by molar-refractivity contribution is -0.888. The Bertz CT molecular complexity index is 3770. The lowest BCUT2D eigenvalue weighted by Crippen LogP contribution is -2.52. The van der Waals surface area contributed by atoms with Gasteiger partial charge < -0.3 is 131 Å². The number of esters is 2. The van der Waals surface area contributed by atoms with Gasteiger partial charge in [-0.15, -0.1) is 0 Å². The first kappa shape index (κ1) is 98.2. The Morgan fingerprint density at radius 2 is 0.649 bits per heavy atom. The van der Waals surface area contributed by atoms with Crippen molar-refractivity contribution in [2.75, 3.05) is 233 Å². The third-order valence-electron chi connectivity index (χ3n) is 20.4. The molecule has 45 heteroatoms. The predicted molar refractivity (Wildman–Crippen MR) is 398 cm³/mol. The molecule has 8 bridgehead atoms. The van der Waals surface area contributed by atoms with Gasteiger partial charge in [-0.1, -0.05) is 48.6 Å². The number of aliphatic carboxylic acids is 1. The number of fused-ring (bicyclic) bond motifs is 8. The molecule has 4 fully saturated rings. The summed E-state index contributed by atoms with van der Waals surface area (Å²) in [4.78, 5) is 133. The summed E-state index contributed by atoms with van der Waals surface area (Å²) < 4.78 is 152. The minimum absolute atomic E-state index is 0. The van der Waals surface area contributed by atoms with Crippen LogP contribution in [0, 0.1) is 47.3 Å². The van der Waals surface area contributed by atoms with Crippen molar-refractivity contribution in [2.24, 2.45) is 47.3 Å². The number of nitrogens with zero attached hydrogens (tertiary/aromatic N) is 5. The molecule has 41 nitrogen and oxygen atoms in total. The van der Waals surface area contributed by atoms with E-state index >= 15 is 0 Å². The second kappa shape index (κ2) is 43.4. The summed E-state index contributed by atoms with van der Waals surface area (Å²) in [6.07, 6.45) is 9.71. The fourth-order valence-electron chi connectivity index (χ4n) is 13.6. The van der Waals surface area contributed by atoms with Crippen LogP contribution in [0.15, 0.2) is 48.6 Å². The molecule has 6 amide bonds. The number of carbonyl (C=O) groups excluding carboxylic acids is 9. The number of amides is 6. The van der Waals surface area contributed by atoms with Crippen LogP contribution in [0.25, 0.3) is 0 Å². The Morgan fingerprint density at radius 3 is 0.886 bits per heavy atom. The van der Waals surface area contributed by atoms with E-state index in [1.54, 1.807) is 90.9 Å². The van der Waals surface area contributed by atoms with E-state index in [2.05, 4.69) is 31.9 Å². The van der Waals surface area contributed by atoms with Crippen LogP contribution >= 0.6 is 7.60 Å². The van der Waals surface area contributed by atoms with E-state index in [0.29, 0.717) is 63.4 Å². The van der Waals surface area contributed by atoms with E-state index in [0.717, 1.165) is 0 Å². The van der Waals surface area contributed by atoms with Crippen molar-refractivity contribution < 1.29 is 159 Å². The van der Waals surface area contributed by atoms with Gasteiger partial charge in [0.25, 0.3) is 0 Å². The van der Waals surface area contributed by atoms with E-state index in [1.807, 2.05) is 33.1 Å². The summed E-state index contributed by atoms with van der Waals surface area (Å²) in [5.74, 6) is -11.0. The van der Waals surface area contributed by atoms with Gasteiger partial charge in [0.1, 0.15) is 63.0 Å². The number of likely N-dealkylation sites (N-methyl/N-ethyl adjacent to an activating group) is 5. The monoisotopic (exact) mass is 1710 g/mol. The fourth-order valence-corrected chi connectivity index (χ4v) is 16.1. The number of ether oxygens (including phenoxy) is 8. The maximum atomic E-state index is 12.9. The lowest BCUT2D eigenvalue weighted by atomic mass is 9.81. The Kier molecular flexibility index (Phi) is 37.4. The van der Waals surface area contributed by atoms with Crippen molar-refractivity contribution in [2.45, 2.75) is 55.3 Å². The van der Waals surface area contributed by atoms with Crippen LogP contribution < -0.4 is 41.9 Å². The van der Waals surface area contributed by atoms with Crippen molar-refractivity contribution >= 4 is 91.3 Å². The average Bonchev–Trinajstić information content (AvgIpc) is 1.64. The van der Waals surface area contributed by atoms with Crippen molar-refractivity contribution in [3.63, 3.8) is 0 Å². The molecule has 17 atom stereocenters. The van der Waals surface area contributed by atoms with Crippen molar-refractivity contribution in [3.8, 4) is 0 Å². The SMILES string of the molecule is CN(C)CCNC(=O)C1C(C(=O)NCCP(=O)([O-])O)[C@@H]2C=C[C@H]1O2.COCCOC(=O)C1C(C(=O)NCC[N+](C)(C)CCC(=O)[O-])[C@@H]2C=C[C@H]1O2.COCCOC(=O)C1C(C(=O)NCC[N+](C)(C)CCS(=O)(=O)[O-])[C@@H]2C=C[C@H]1O2.C[N+](C)(CCNC(=O)C1C(C(=O)NCC[N+](C)(C)CCS(=O)(=O)[O-])[C@H]2C=C[C@@H]1O2)CCS(=O)(=O)[O-].[H+]. The second-order valence-electron chi connectivity index (χ2n) is 31.7. The van der Waals surface area contributed by atoms with Crippen LogP contribution in [0.1, 0.15) is 7.85 Å². The number of hydrogen-bond donors (Lipinski definition) is 7. The summed E-state index contributed by atoms with van der Waals surface area (Å²) in [7, 11) is 3.77. The summed E-state index contributed by atoms with van der Waals surface area (Å²) in [6.45, 7) is 5.37. The topological polar surface area (TPSA) is 558 Å². The molecule has 7 N–H and O–H groups in total. The normalized spacial score (nSPS) is 26.6. The highest BCUT2D eigenvalue weighted by Gasteiger charge is 2.57. The molecule has 650 valence electrons. The Labute approximate surface area is 667 Å². The van der Waals surface area contributed by atoms with E-state index in [-0.39, 0.29) is 116 Å². The number of nitrogens with one attached hydrogen (secondary N) is 6. The Balaban J connectivity index is 0.000000325. The highest BCUT2D eigenvalue weighted by Crippen LogP contribution is 2.43. The van der Waals surface area contributed by atoms with Gasteiger partial charge in [-0.25, -0.2) is 25.3 Å². The minimum Gasteiger partial charge on any atom is -0.779 e. The molecule has 0 radical (unpaired) electrons. The molecule has 0 aliphatic carbocycles. The molecule has 0 spiro atoms. The van der Waals surface area contributed by atoms with E-state index < -0.39 is 181 Å². The van der Waals surface area contributed by atoms with E-state index in [9.17, 15) is 96.6 Å². The maximum Gasteiger partial charge on any atom is 1.00 e. The first-order valence-electron chi connectivity index (χ1n) is 37.2. The van der Waals surface area contributed by atoms with Crippen LogP contribution in [0.5, 0.6) is 0 Å². The summed E-state index contributed by atoms with van der Waals surface area (Å²) in [5.41, 5.74) is 0. The van der Waals surface area contributed by atoms with Crippen LogP contribution in [-0.4, -0.2) is 402 Å².